The lowest BCUT2D eigenvalue weighted by Crippen LogP contribution is -2.33. The van der Waals surface area contributed by atoms with E-state index in [1.807, 2.05) is 9.80 Å². The molecule has 2 atom stereocenters. The van der Waals surface area contributed by atoms with Gasteiger partial charge in [-0.15, -0.1) is 0 Å². The Kier molecular flexibility index (Phi) is 1.52. The van der Waals surface area contributed by atoms with Gasteiger partial charge in [-0.25, -0.2) is 4.79 Å². The lowest BCUT2D eigenvalue weighted by atomic mass is 10.1. The summed E-state index contributed by atoms with van der Waals surface area (Å²) in [5.74, 6) is 0.0744. The van der Waals surface area contributed by atoms with E-state index in [4.69, 9.17) is 5.26 Å². The van der Waals surface area contributed by atoms with E-state index in [0.29, 0.717) is 18.6 Å². The number of carbonyl (C=O) groups is 1. The van der Waals surface area contributed by atoms with Crippen LogP contribution in [0, 0.1) is 17.2 Å². The maximum atomic E-state index is 11.9. The van der Waals surface area contributed by atoms with Gasteiger partial charge in [-0.2, -0.15) is 5.26 Å². The maximum absolute atomic E-state index is 11.9. The van der Waals surface area contributed by atoms with E-state index in [1.54, 1.807) is 0 Å². The Morgan fingerprint density at radius 3 is 2.50 bits per heavy atom. The van der Waals surface area contributed by atoms with Gasteiger partial charge in [0, 0.05) is 19.1 Å². The Labute approximate surface area is 83.1 Å². The van der Waals surface area contributed by atoms with Crippen LogP contribution in [0.2, 0.25) is 0 Å². The second-order valence-corrected chi connectivity index (χ2v) is 4.53. The number of nitriles is 1. The van der Waals surface area contributed by atoms with Crippen LogP contribution in [0.1, 0.15) is 19.3 Å². The third kappa shape index (κ3) is 1.02. The molecule has 1 aliphatic carbocycles. The summed E-state index contributed by atoms with van der Waals surface area (Å²) in [5.41, 5.74) is 0. The summed E-state index contributed by atoms with van der Waals surface area (Å²) in [6.07, 6.45) is 3.23. The fraction of sp³-hybridized carbons (Fsp3) is 0.800. The van der Waals surface area contributed by atoms with Crippen molar-refractivity contribution < 1.29 is 4.79 Å². The maximum Gasteiger partial charge on any atom is 0.320 e. The second-order valence-electron chi connectivity index (χ2n) is 4.53. The van der Waals surface area contributed by atoms with Crippen LogP contribution in [-0.4, -0.2) is 41.0 Å². The number of carbonyl (C=O) groups excluding carboxylic acids is 1. The summed E-state index contributed by atoms with van der Waals surface area (Å²) < 4.78 is 0. The van der Waals surface area contributed by atoms with Crippen molar-refractivity contribution in [1.29, 1.82) is 5.26 Å². The molecule has 0 N–H and O–H groups in total. The molecule has 3 fully saturated rings. The third-order valence-corrected chi connectivity index (χ3v) is 3.48. The van der Waals surface area contributed by atoms with Crippen molar-refractivity contribution in [2.45, 2.75) is 31.3 Å². The van der Waals surface area contributed by atoms with Crippen molar-refractivity contribution >= 4 is 6.03 Å². The lowest BCUT2D eigenvalue weighted by Gasteiger charge is -2.16. The standard InChI is InChI=1S/C10H13N3O/c11-4-7-3-9-6-13(8-1-2-8)10(14)12(9)5-7/h7-9H,1-3,5-6H2/t7-,9-/m0/s1. The van der Waals surface area contributed by atoms with Crippen LogP contribution < -0.4 is 0 Å². The number of amides is 2. The van der Waals surface area contributed by atoms with Crippen molar-refractivity contribution in [3.63, 3.8) is 0 Å². The SMILES string of the molecule is N#C[C@@H]1C[C@H]2CN(C3CC3)C(=O)N2C1. The summed E-state index contributed by atoms with van der Waals surface area (Å²) in [4.78, 5) is 15.8. The van der Waals surface area contributed by atoms with Crippen LogP contribution in [0.5, 0.6) is 0 Å². The topological polar surface area (TPSA) is 47.3 Å². The summed E-state index contributed by atoms with van der Waals surface area (Å²) in [6, 6.07) is 3.28. The smallest absolute Gasteiger partial charge is 0.320 e. The summed E-state index contributed by atoms with van der Waals surface area (Å²) in [7, 11) is 0. The normalized spacial score (nSPS) is 36.1. The number of hydrogen-bond acceptors (Lipinski definition) is 2. The van der Waals surface area contributed by atoms with Crippen molar-refractivity contribution in [2.75, 3.05) is 13.1 Å². The van der Waals surface area contributed by atoms with E-state index in [-0.39, 0.29) is 11.9 Å². The Hall–Kier alpha value is -1.24. The first-order chi connectivity index (χ1) is 6.79. The molecule has 74 valence electrons. The van der Waals surface area contributed by atoms with Crippen LogP contribution in [-0.2, 0) is 0 Å². The van der Waals surface area contributed by atoms with Gasteiger partial charge in [0.1, 0.15) is 0 Å². The molecule has 0 bridgehead atoms. The molecule has 2 aliphatic heterocycles. The van der Waals surface area contributed by atoms with Gasteiger partial charge < -0.3 is 9.80 Å². The van der Waals surface area contributed by atoms with Crippen LogP contribution in [0.25, 0.3) is 0 Å². The zero-order valence-corrected chi connectivity index (χ0v) is 8.02. The summed E-state index contributed by atoms with van der Waals surface area (Å²) in [6.45, 7) is 1.52. The van der Waals surface area contributed by atoms with E-state index < -0.39 is 0 Å². The van der Waals surface area contributed by atoms with Crippen LogP contribution in [0.15, 0.2) is 0 Å². The molecule has 0 aromatic heterocycles. The highest BCUT2D eigenvalue weighted by atomic mass is 16.2. The van der Waals surface area contributed by atoms with E-state index in [0.717, 1.165) is 13.0 Å². The highest BCUT2D eigenvalue weighted by Crippen LogP contribution is 2.36. The number of hydrogen-bond donors (Lipinski definition) is 0. The highest BCUT2D eigenvalue weighted by Gasteiger charge is 2.48. The molecule has 0 unspecified atom stereocenters. The molecular formula is C10H13N3O. The van der Waals surface area contributed by atoms with E-state index in [9.17, 15) is 4.79 Å². The van der Waals surface area contributed by atoms with Crippen molar-refractivity contribution in [1.82, 2.24) is 9.80 Å². The van der Waals surface area contributed by atoms with Gasteiger partial charge in [0.05, 0.1) is 18.0 Å². The number of rotatable bonds is 1. The zero-order chi connectivity index (χ0) is 9.71. The van der Waals surface area contributed by atoms with Gasteiger partial charge in [0.2, 0.25) is 0 Å². The molecule has 3 rings (SSSR count). The first kappa shape index (κ1) is 8.10. The van der Waals surface area contributed by atoms with Gasteiger partial charge in [0.15, 0.2) is 0 Å². The predicted molar refractivity (Wildman–Crippen MR) is 49.3 cm³/mol. The van der Waals surface area contributed by atoms with E-state index in [1.165, 1.54) is 12.8 Å². The van der Waals surface area contributed by atoms with Gasteiger partial charge in [-0.3, -0.25) is 0 Å². The molecule has 14 heavy (non-hydrogen) atoms. The van der Waals surface area contributed by atoms with Crippen LogP contribution >= 0.6 is 0 Å². The quantitative estimate of drug-likeness (QED) is 0.615. The summed E-state index contributed by atoms with van der Waals surface area (Å²) in [5, 5.41) is 8.79. The molecule has 0 aromatic rings. The number of urea groups is 1. The predicted octanol–water partition coefficient (Wildman–Crippen LogP) is 0.798. The number of fused-ring (bicyclic) bond motifs is 1. The molecule has 4 heteroatoms. The van der Waals surface area contributed by atoms with Gasteiger partial charge in [0.25, 0.3) is 0 Å². The largest absolute Gasteiger partial charge is 0.320 e. The Morgan fingerprint density at radius 2 is 1.93 bits per heavy atom. The third-order valence-electron chi connectivity index (χ3n) is 3.48. The second kappa shape index (κ2) is 2.63. The van der Waals surface area contributed by atoms with Crippen molar-refractivity contribution in [3.05, 3.63) is 0 Å². The van der Waals surface area contributed by atoms with Crippen LogP contribution in [0.3, 0.4) is 0 Å². The average Bonchev–Trinajstić information content (AvgIpc) is 2.87. The molecule has 1 saturated carbocycles. The Morgan fingerprint density at radius 1 is 1.21 bits per heavy atom. The average molecular weight is 191 g/mol. The van der Waals surface area contributed by atoms with Gasteiger partial charge in [-0.05, 0) is 19.3 Å². The summed E-state index contributed by atoms with van der Waals surface area (Å²) >= 11 is 0. The minimum Gasteiger partial charge on any atom is -0.320 e. The monoisotopic (exact) mass is 191 g/mol. The first-order valence-electron chi connectivity index (χ1n) is 5.26. The first-order valence-corrected chi connectivity index (χ1v) is 5.26. The van der Waals surface area contributed by atoms with Crippen molar-refractivity contribution in [3.8, 4) is 6.07 Å². The lowest BCUT2D eigenvalue weighted by molar-refractivity contribution is 0.190. The van der Waals surface area contributed by atoms with E-state index in [2.05, 4.69) is 6.07 Å². The molecule has 2 heterocycles. The fourth-order valence-corrected chi connectivity index (χ4v) is 2.58. The van der Waals surface area contributed by atoms with E-state index >= 15 is 0 Å². The molecule has 3 aliphatic rings. The van der Waals surface area contributed by atoms with Gasteiger partial charge in [-0.1, -0.05) is 0 Å². The van der Waals surface area contributed by atoms with Crippen LogP contribution in [0.4, 0.5) is 4.79 Å². The van der Waals surface area contributed by atoms with Gasteiger partial charge >= 0.3 is 6.03 Å². The fourth-order valence-electron chi connectivity index (χ4n) is 2.58. The minimum absolute atomic E-state index is 0.0744. The Bertz CT molecular complexity index is 318. The Balaban J connectivity index is 1.75. The molecular weight excluding hydrogens is 178 g/mol. The van der Waals surface area contributed by atoms with Crippen molar-refractivity contribution in [2.24, 2.45) is 5.92 Å². The molecule has 2 amide bonds. The molecule has 2 saturated heterocycles. The molecule has 0 radical (unpaired) electrons. The molecule has 0 spiro atoms. The number of nitrogens with zero attached hydrogens (tertiary/aromatic N) is 3. The highest BCUT2D eigenvalue weighted by molar-refractivity contribution is 5.78. The minimum atomic E-state index is 0.0744. The molecule has 4 nitrogen and oxygen atoms in total. The molecule has 0 aromatic carbocycles. The zero-order valence-electron chi connectivity index (χ0n) is 8.02.